The number of ether oxygens (including phenoxy) is 1. The molecule has 1 fully saturated rings. The van der Waals surface area contributed by atoms with Crippen molar-refractivity contribution in [1.82, 2.24) is 5.32 Å². The molecule has 0 bridgehead atoms. The highest BCUT2D eigenvalue weighted by Gasteiger charge is 2.37. The molecule has 0 aromatic heterocycles. The van der Waals surface area contributed by atoms with E-state index in [0.717, 1.165) is 31.6 Å². The quantitative estimate of drug-likeness (QED) is 0.737. The molecule has 1 N–H and O–H groups in total. The molecule has 1 aromatic carbocycles. The van der Waals surface area contributed by atoms with Crippen molar-refractivity contribution in [2.24, 2.45) is 5.92 Å². The zero-order chi connectivity index (χ0) is 15.2. The van der Waals surface area contributed by atoms with Crippen molar-refractivity contribution in [2.75, 3.05) is 13.2 Å². The Hall–Kier alpha value is -0.640. The molecule has 1 saturated carbocycles. The third-order valence-corrected chi connectivity index (χ3v) is 4.24. The monoisotopic (exact) mass is 313 g/mol. The van der Waals surface area contributed by atoms with Crippen LogP contribution in [0.3, 0.4) is 0 Å². The lowest BCUT2D eigenvalue weighted by Gasteiger charge is -2.28. The first kappa shape index (κ1) is 16.7. The summed E-state index contributed by atoms with van der Waals surface area (Å²) in [4.78, 5) is 0. The molecule has 118 valence electrons. The van der Waals surface area contributed by atoms with Gasteiger partial charge in [-0.25, -0.2) is 4.39 Å². The van der Waals surface area contributed by atoms with Crippen molar-refractivity contribution < 1.29 is 9.13 Å². The van der Waals surface area contributed by atoms with E-state index in [9.17, 15) is 4.39 Å². The summed E-state index contributed by atoms with van der Waals surface area (Å²) >= 11 is 5.76. The van der Waals surface area contributed by atoms with Gasteiger partial charge in [-0.15, -0.1) is 0 Å². The highest BCUT2D eigenvalue weighted by Crippen LogP contribution is 2.36. The van der Waals surface area contributed by atoms with E-state index in [2.05, 4.69) is 12.2 Å². The third kappa shape index (κ3) is 4.94. The Balaban J connectivity index is 2.08. The molecule has 0 aliphatic heterocycles. The molecule has 0 heterocycles. The summed E-state index contributed by atoms with van der Waals surface area (Å²) in [6, 6.07) is 5.31. The molecule has 1 aromatic rings. The molecule has 2 rings (SSSR count). The van der Waals surface area contributed by atoms with E-state index in [1.165, 1.54) is 12.8 Å². The fraction of sp³-hybridized carbons (Fsp3) is 0.647. The van der Waals surface area contributed by atoms with Crippen LogP contribution in [-0.2, 0) is 11.2 Å². The van der Waals surface area contributed by atoms with Crippen LogP contribution in [0.1, 0.15) is 38.7 Å². The van der Waals surface area contributed by atoms with Crippen molar-refractivity contribution in [3.05, 3.63) is 34.6 Å². The zero-order valence-electron chi connectivity index (χ0n) is 12.9. The van der Waals surface area contributed by atoms with Crippen LogP contribution in [0.25, 0.3) is 0 Å². The van der Waals surface area contributed by atoms with Crippen LogP contribution >= 0.6 is 11.6 Å². The minimum atomic E-state index is -0.345. The Kier molecular flexibility index (Phi) is 6.46. The van der Waals surface area contributed by atoms with E-state index in [4.69, 9.17) is 16.3 Å². The maximum absolute atomic E-state index is 13.6. The Labute approximate surface area is 132 Å². The summed E-state index contributed by atoms with van der Waals surface area (Å²) in [5.74, 6) is 0.305. The van der Waals surface area contributed by atoms with E-state index in [0.29, 0.717) is 5.92 Å². The van der Waals surface area contributed by atoms with Crippen LogP contribution in [0.4, 0.5) is 4.39 Å². The smallest absolute Gasteiger partial charge is 0.142 e. The predicted molar refractivity (Wildman–Crippen MR) is 85.3 cm³/mol. The van der Waals surface area contributed by atoms with Crippen LogP contribution < -0.4 is 5.32 Å². The molecular formula is C17H25ClFNO. The summed E-state index contributed by atoms with van der Waals surface area (Å²) in [5.41, 5.74) is 0.968. The van der Waals surface area contributed by atoms with Crippen molar-refractivity contribution in [1.29, 1.82) is 0 Å². The Morgan fingerprint density at radius 1 is 1.38 bits per heavy atom. The minimum absolute atomic E-state index is 0.181. The molecule has 2 unspecified atom stereocenters. The number of benzene rings is 1. The van der Waals surface area contributed by atoms with Gasteiger partial charge >= 0.3 is 0 Å². The zero-order valence-corrected chi connectivity index (χ0v) is 13.6. The first-order valence-electron chi connectivity index (χ1n) is 7.94. The van der Waals surface area contributed by atoms with Crippen molar-refractivity contribution >= 4 is 11.6 Å². The van der Waals surface area contributed by atoms with Crippen LogP contribution in [0.5, 0.6) is 0 Å². The average molecular weight is 314 g/mol. The van der Waals surface area contributed by atoms with E-state index in [-0.39, 0.29) is 23.0 Å². The first-order chi connectivity index (χ1) is 10.2. The molecule has 0 spiro atoms. The largest absolute Gasteiger partial charge is 0.377 e. The SMILES string of the molecule is CCCNC(Cc1ccc(Cl)c(F)c1)C(OCC)C1CC1. The van der Waals surface area contributed by atoms with Gasteiger partial charge in [-0.05, 0) is 62.8 Å². The van der Waals surface area contributed by atoms with Gasteiger partial charge in [0.15, 0.2) is 0 Å². The maximum atomic E-state index is 13.6. The van der Waals surface area contributed by atoms with Crippen molar-refractivity contribution in [2.45, 2.75) is 51.7 Å². The van der Waals surface area contributed by atoms with Gasteiger partial charge in [-0.2, -0.15) is 0 Å². The van der Waals surface area contributed by atoms with E-state index in [1.807, 2.05) is 13.0 Å². The van der Waals surface area contributed by atoms with Gasteiger partial charge in [0.25, 0.3) is 0 Å². The second-order valence-corrected chi connectivity index (χ2v) is 6.18. The summed E-state index contributed by atoms with van der Waals surface area (Å²) < 4.78 is 19.6. The van der Waals surface area contributed by atoms with Gasteiger partial charge in [0.05, 0.1) is 11.1 Å². The number of hydrogen-bond acceptors (Lipinski definition) is 2. The Bertz CT molecular complexity index is 450. The topological polar surface area (TPSA) is 21.3 Å². The molecule has 0 saturated heterocycles. The highest BCUT2D eigenvalue weighted by molar-refractivity contribution is 6.30. The molecule has 0 radical (unpaired) electrons. The molecule has 1 aliphatic carbocycles. The second kappa shape index (κ2) is 8.11. The van der Waals surface area contributed by atoms with E-state index in [1.54, 1.807) is 12.1 Å². The third-order valence-electron chi connectivity index (χ3n) is 3.94. The van der Waals surface area contributed by atoms with Crippen LogP contribution in [0.2, 0.25) is 5.02 Å². The van der Waals surface area contributed by atoms with Gasteiger partial charge in [0.2, 0.25) is 0 Å². The molecule has 1 aliphatic rings. The number of nitrogens with one attached hydrogen (secondary N) is 1. The maximum Gasteiger partial charge on any atom is 0.142 e. The van der Waals surface area contributed by atoms with Gasteiger partial charge in [-0.3, -0.25) is 0 Å². The first-order valence-corrected chi connectivity index (χ1v) is 8.32. The molecule has 2 nitrogen and oxygen atoms in total. The number of rotatable bonds is 9. The lowest BCUT2D eigenvalue weighted by molar-refractivity contribution is 0.0192. The van der Waals surface area contributed by atoms with Crippen LogP contribution in [0, 0.1) is 11.7 Å². The number of hydrogen-bond donors (Lipinski definition) is 1. The van der Waals surface area contributed by atoms with Crippen LogP contribution in [0.15, 0.2) is 18.2 Å². The van der Waals surface area contributed by atoms with Gasteiger partial charge in [0, 0.05) is 12.6 Å². The molecule has 0 amide bonds. The standard InChI is InChI=1S/C17H25ClFNO/c1-3-9-20-16(17(21-4-2)13-6-7-13)11-12-5-8-14(18)15(19)10-12/h5,8,10,13,16-17,20H,3-4,6-7,9,11H2,1-2H3. The Morgan fingerprint density at radius 3 is 2.71 bits per heavy atom. The molecular weight excluding hydrogens is 289 g/mol. The minimum Gasteiger partial charge on any atom is -0.377 e. The Morgan fingerprint density at radius 2 is 2.14 bits per heavy atom. The normalized spacial score (nSPS) is 17.7. The van der Waals surface area contributed by atoms with Gasteiger partial charge < -0.3 is 10.1 Å². The lowest BCUT2D eigenvalue weighted by Crippen LogP contribution is -2.44. The average Bonchev–Trinajstić information content (AvgIpc) is 3.29. The second-order valence-electron chi connectivity index (χ2n) is 5.77. The summed E-state index contributed by atoms with van der Waals surface area (Å²) in [6.07, 6.45) is 4.55. The fourth-order valence-electron chi connectivity index (χ4n) is 2.75. The molecule has 2 atom stereocenters. The van der Waals surface area contributed by atoms with Crippen LogP contribution in [-0.4, -0.2) is 25.3 Å². The summed E-state index contributed by atoms with van der Waals surface area (Å²) in [6.45, 7) is 5.87. The molecule has 21 heavy (non-hydrogen) atoms. The van der Waals surface area contributed by atoms with Crippen molar-refractivity contribution in [3.8, 4) is 0 Å². The van der Waals surface area contributed by atoms with Crippen molar-refractivity contribution in [3.63, 3.8) is 0 Å². The van der Waals surface area contributed by atoms with Gasteiger partial charge in [-0.1, -0.05) is 24.6 Å². The van der Waals surface area contributed by atoms with Gasteiger partial charge in [0.1, 0.15) is 5.82 Å². The summed E-state index contributed by atoms with van der Waals surface area (Å²) in [7, 11) is 0. The highest BCUT2D eigenvalue weighted by atomic mass is 35.5. The summed E-state index contributed by atoms with van der Waals surface area (Å²) in [5, 5.41) is 3.76. The fourth-order valence-corrected chi connectivity index (χ4v) is 2.87. The van der Waals surface area contributed by atoms with E-state index < -0.39 is 0 Å². The lowest BCUT2D eigenvalue weighted by atomic mass is 9.97. The van der Waals surface area contributed by atoms with E-state index >= 15 is 0 Å². The number of halogens is 2. The molecule has 4 heteroatoms. The predicted octanol–water partition coefficient (Wildman–Crippen LogP) is 4.20.